The molecule has 2 saturated heterocycles. The van der Waals surface area contributed by atoms with Crippen LogP contribution in [0.25, 0.3) is 0 Å². The van der Waals surface area contributed by atoms with Gasteiger partial charge < -0.3 is 14.7 Å². The van der Waals surface area contributed by atoms with Gasteiger partial charge in [-0.25, -0.2) is 0 Å². The summed E-state index contributed by atoms with van der Waals surface area (Å²) in [5.41, 5.74) is 1.92. The van der Waals surface area contributed by atoms with Crippen LogP contribution in [-0.2, 0) is 11.3 Å². The first-order chi connectivity index (χ1) is 9.36. The van der Waals surface area contributed by atoms with Gasteiger partial charge in [-0.1, -0.05) is 0 Å². The molecule has 2 aliphatic heterocycles. The van der Waals surface area contributed by atoms with Gasteiger partial charge in [0.15, 0.2) is 0 Å². The van der Waals surface area contributed by atoms with Crippen LogP contribution in [-0.4, -0.2) is 60.4 Å². The number of nitrogens with zero attached hydrogens (tertiary/aromatic N) is 3. The van der Waals surface area contributed by atoms with Crippen LogP contribution in [0, 0.1) is 0 Å². The summed E-state index contributed by atoms with van der Waals surface area (Å²) in [7, 11) is 0. The number of hydrogen-bond acceptors (Lipinski definition) is 5. The highest BCUT2D eigenvalue weighted by Crippen LogP contribution is 2.23. The van der Waals surface area contributed by atoms with Gasteiger partial charge in [-0.3, -0.25) is 9.88 Å². The summed E-state index contributed by atoms with van der Waals surface area (Å²) in [4.78, 5) is 9.06. The first-order valence-electron chi connectivity index (χ1n) is 6.99. The van der Waals surface area contributed by atoms with E-state index in [4.69, 9.17) is 9.84 Å². The van der Waals surface area contributed by atoms with Crippen molar-refractivity contribution in [2.24, 2.45) is 0 Å². The van der Waals surface area contributed by atoms with E-state index in [0.29, 0.717) is 6.04 Å². The first kappa shape index (κ1) is 12.8. The molecule has 2 fully saturated rings. The molecule has 0 spiro atoms. The maximum Gasteiger partial charge on any atom is 0.0853 e. The molecule has 2 aliphatic rings. The highest BCUT2D eigenvalue weighted by Gasteiger charge is 2.28. The number of hydrogen-bond donors (Lipinski definition) is 1. The molecule has 5 heteroatoms. The van der Waals surface area contributed by atoms with Crippen molar-refractivity contribution in [2.75, 3.05) is 44.3 Å². The molecule has 0 aromatic carbocycles. The number of morpholine rings is 1. The second-order valence-corrected chi connectivity index (χ2v) is 5.20. The van der Waals surface area contributed by atoms with Crippen LogP contribution < -0.4 is 4.90 Å². The van der Waals surface area contributed by atoms with Crippen molar-refractivity contribution in [3.05, 3.63) is 24.0 Å². The predicted octanol–water partition coefficient (Wildman–Crippen LogP) is 0.485. The molecule has 3 rings (SSSR count). The monoisotopic (exact) mass is 263 g/mol. The fourth-order valence-electron chi connectivity index (χ4n) is 2.97. The molecular weight excluding hydrogens is 242 g/mol. The van der Waals surface area contributed by atoms with Gasteiger partial charge in [0, 0.05) is 44.1 Å². The van der Waals surface area contributed by atoms with Gasteiger partial charge >= 0.3 is 0 Å². The van der Waals surface area contributed by atoms with Crippen LogP contribution in [0.4, 0.5) is 5.69 Å². The molecule has 1 unspecified atom stereocenters. The molecule has 0 bridgehead atoms. The average Bonchev–Trinajstić information content (AvgIpc) is 2.98. The Morgan fingerprint density at radius 1 is 1.32 bits per heavy atom. The van der Waals surface area contributed by atoms with Gasteiger partial charge in [0.2, 0.25) is 0 Å². The molecule has 1 aromatic rings. The number of rotatable bonds is 3. The number of ether oxygens (including phenoxy) is 1. The maximum absolute atomic E-state index is 9.16. The lowest BCUT2D eigenvalue weighted by molar-refractivity contribution is 0.0209. The molecular formula is C14H21N3O2. The minimum atomic E-state index is 0.00850. The molecule has 1 atom stereocenters. The lowest BCUT2D eigenvalue weighted by atomic mass is 10.2. The minimum absolute atomic E-state index is 0.00850. The average molecular weight is 263 g/mol. The molecule has 104 valence electrons. The number of aliphatic hydroxyl groups is 1. The van der Waals surface area contributed by atoms with Crippen molar-refractivity contribution in [1.82, 2.24) is 9.88 Å². The van der Waals surface area contributed by atoms with Crippen LogP contribution in [0.2, 0.25) is 0 Å². The molecule has 3 heterocycles. The standard InChI is InChI=1S/C14H21N3O2/c18-11-12-9-13(1-3-15-12)17-4-2-14(10-17)16-5-7-19-8-6-16/h1,3,9,14,18H,2,4-8,10-11H2. The van der Waals surface area contributed by atoms with Gasteiger partial charge in [-0.2, -0.15) is 0 Å². The van der Waals surface area contributed by atoms with E-state index in [2.05, 4.69) is 14.8 Å². The quantitative estimate of drug-likeness (QED) is 0.860. The number of aliphatic hydroxyl groups excluding tert-OH is 1. The van der Waals surface area contributed by atoms with Crippen molar-refractivity contribution in [3.8, 4) is 0 Å². The molecule has 5 nitrogen and oxygen atoms in total. The SMILES string of the molecule is OCc1cc(N2CCC(N3CCOCC3)C2)ccn1. The molecule has 0 radical (unpaired) electrons. The van der Waals surface area contributed by atoms with E-state index < -0.39 is 0 Å². The molecule has 1 aromatic heterocycles. The zero-order chi connectivity index (χ0) is 13.1. The third kappa shape index (κ3) is 2.88. The predicted molar refractivity (Wildman–Crippen MR) is 73.2 cm³/mol. The Kier molecular flexibility index (Phi) is 3.96. The Labute approximate surface area is 113 Å². The lowest BCUT2D eigenvalue weighted by Gasteiger charge is -2.32. The van der Waals surface area contributed by atoms with Crippen molar-refractivity contribution in [1.29, 1.82) is 0 Å². The Morgan fingerprint density at radius 3 is 2.95 bits per heavy atom. The number of aromatic nitrogens is 1. The van der Waals surface area contributed by atoms with Crippen molar-refractivity contribution in [2.45, 2.75) is 19.1 Å². The smallest absolute Gasteiger partial charge is 0.0853 e. The van der Waals surface area contributed by atoms with Crippen LogP contribution in [0.5, 0.6) is 0 Å². The fraction of sp³-hybridized carbons (Fsp3) is 0.643. The van der Waals surface area contributed by atoms with E-state index in [1.807, 2.05) is 12.1 Å². The molecule has 19 heavy (non-hydrogen) atoms. The maximum atomic E-state index is 9.16. The van der Waals surface area contributed by atoms with Crippen LogP contribution >= 0.6 is 0 Å². The first-order valence-corrected chi connectivity index (χ1v) is 6.99. The van der Waals surface area contributed by atoms with Crippen LogP contribution in [0.15, 0.2) is 18.3 Å². The van der Waals surface area contributed by atoms with E-state index in [0.717, 1.165) is 45.1 Å². The summed E-state index contributed by atoms with van der Waals surface area (Å²) < 4.78 is 5.41. The third-order valence-electron chi connectivity index (χ3n) is 4.05. The molecule has 0 saturated carbocycles. The Morgan fingerprint density at radius 2 is 2.16 bits per heavy atom. The summed E-state index contributed by atoms with van der Waals surface area (Å²) in [5, 5.41) is 9.16. The van der Waals surface area contributed by atoms with Crippen molar-refractivity contribution < 1.29 is 9.84 Å². The molecule has 0 aliphatic carbocycles. The summed E-state index contributed by atoms with van der Waals surface area (Å²) in [6, 6.07) is 4.65. The minimum Gasteiger partial charge on any atom is -0.390 e. The highest BCUT2D eigenvalue weighted by molar-refractivity contribution is 5.47. The zero-order valence-corrected chi connectivity index (χ0v) is 11.2. The topological polar surface area (TPSA) is 48.8 Å². The van der Waals surface area contributed by atoms with Crippen LogP contribution in [0.1, 0.15) is 12.1 Å². The molecule has 1 N–H and O–H groups in total. The summed E-state index contributed by atoms with van der Waals surface area (Å²) in [6.45, 7) is 5.98. The Hall–Kier alpha value is -1.17. The lowest BCUT2D eigenvalue weighted by Crippen LogP contribution is -2.44. The largest absolute Gasteiger partial charge is 0.390 e. The summed E-state index contributed by atoms with van der Waals surface area (Å²) >= 11 is 0. The van der Waals surface area contributed by atoms with E-state index in [-0.39, 0.29) is 6.61 Å². The van der Waals surface area contributed by atoms with Crippen molar-refractivity contribution in [3.63, 3.8) is 0 Å². The van der Waals surface area contributed by atoms with E-state index in [1.54, 1.807) is 6.20 Å². The Balaban J connectivity index is 1.64. The van der Waals surface area contributed by atoms with Gasteiger partial charge in [0.1, 0.15) is 0 Å². The van der Waals surface area contributed by atoms with Gasteiger partial charge in [0.05, 0.1) is 25.5 Å². The van der Waals surface area contributed by atoms with Crippen molar-refractivity contribution >= 4 is 5.69 Å². The van der Waals surface area contributed by atoms with Gasteiger partial charge in [0.25, 0.3) is 0 Å². The van der Waals surface area contributed by atoms with Gasteiger partial charge in [-0.15, -0.1) is 0 Å². The number of pyridine rings is 1. The summed E-state index contributed by atoms with van der Waals surface area (Å²) in [6.07, 6.45) is 2.99. The third-order valence-corrected chi connectivity index (χ3v) is 4.05. The zero-order valence-electron chi connectivity index (χ0n) is 11.2. The highest BCUT2D eigenvalue weighted by atomic mass is 16.5. The molecule has 0 amide bonds. The second kappa shape index (κ2) is 5.86. The Bertz CT molecular complexity index is 421. The van der Waals surface area contributed by atoms with E-state index in [9.17, 15) is 0 Å². The second-order valence-electron chi connectivity index (χ2n) is 5.20. The van der Waals surface area contributed by atoms with Crippen LogP contribution in [0.3, 0.4) is 0 Å². The fourth-order valence-corrected chi connectivity index (χ4v) is 2.97. The van der Waals surface area contributed by atoms with E-state index >= 15 is 0 Å². The summed E-state index contributed by atoms with van der Waals surface area (Å²) in [5.74, 6) is 0. The van der Waals surface area contributed by atoms with Gasteiger partial charge in [-0.05, 0) is 18.6 Å². The van der Waals surface area contributed by atoms with E-state index in [1.165, 1.54) is 12.1 Å². The normalized spacial score (nSPS) is 24.9. The number of anilines is 1.